The number of nitrogens with zero attached hydrogens (tertiary/aromatic N) is 3. The van der Waals surface area contributed by atoms with E-state index >= 15 is 0 Å². The molecule has 128 valence electrons. The standard InChI is InChI=1S/C19H14N4OS2/c24-17(9-15-11-25-18(21-15)13-5-2-1-3-6-13)23-19-22-16(12-26-19)14-7-4-8-20-10-14/h1-8,10-12H,9H2,(H,22,23,24). The Bertz CT molecular complexity index is 930. The number of pyridine rings is 1. The molecular weight excluding hydrogens is 364 g/mol. The molecule has 1 N–H and O–H groups in total. The molecule has 0 saturated carbocycles. The molecule has 0 aliphatic heterocycles. The molecule has 0 saturated heterocycles. The predicted octanol–water partition coefficient (Wildman–Crippen LogP) is 4.51. The van der Waals surface area contributed by atoms with Crippen molar-refractivity contribution in [2.24, 2.45) is 0 Å². The van der Waals surface area contributed by atoms with Gasteiger partial charge in [0.1, 0.15) is 5.01 Å². The third-order valence-corrected chi connectivity index (χ3v) is 5.32. The number of hydrogen-bond donors (Lipinski definition) is 1. The van der Waals surface area contributed by atoms with Gasteiger partial charge in [0.2, 0.25) is 5.91 Å². The first-order valence-electron chi connectivity index (χ1n) is 7.93. The molecule has 3 aromatic heterocycles. The number of hydrogen-bond acceptors (Lipinski definition) is 6. The van der Waals surface area contributed by atoms with Gasteiger partial charge in [-0.1, -0.05) is 30.3 Å². The van der Waals surface area contributed by atoms with Crippen LogP contribution < -0.4 is 5.32 Å². The smallest absolute Gasteiger partial charge is 0.232 e. The van der Waals surface area contributed by atoms with Crippen LogP contribution in [0.25, 0.3) is 21.8 Å². The van der Waals surface area contributed by atoms with E-state index in [1.54, 1.807) is 23.7 Å². The molecule has 4 aromatic rings. The van der Waals surface area contributed by atoms with Crippen LogP contribution in [0.15, 0.2) is 65.6 Å². The Hall–Kier alpha value is -2.90. The molecule has 7 heteroatoms. The molecular formula is C19H14N4OS2. The summed E-state index contributed by atoms with van der Waals surface area (Å²) < 4.78 is 0. The minimum Gasteiger partial charge on any atom is -0.302 e. The van der Waals surface area contributed by atoms with Gasteiger partial charge in [0.15, 0.2) is 5.13 Å². The summed E-state index contributed by atoms with van der Waals surface area (Å²) in [6.45, 7) is 0. The third kappa shape index (κ3) is 3.84. The fraction of sp³-hybridized carbons (Fsp3) is 0.0526. The van der Waals surface area contributed by atoms with Gasteiger partial charge in [-0.15, -0.1) is 22.7 Å². The number of carbonyl (C=O) groups excluding carboxylic acids is 1. The van der Waals surface area contributed by atoms with Crippen molar-refractivity contribution >= 4 is 33.7 Å². The van der Waals surface area contributed by atoms with E-state index in [2.05, 4.69) is 20.3 Å². The van der Waals surface area contributed by atoms with Crippen molar-refractivity contribution in [1.82, 2.24) is 15.0 Å². The highest BCUT2D eigenvalue weighted by molar-refractivity contribution is 7.14. The monoisotopic (exact) mass is 378 g/mol. The Morgan fingerprint density at radius 3 is 2.62 bits per heavy atom. The van der Waals surface area contributed by atoms with E-state index in [4.69, 9.17) is 0 Å². The highest BCUT2D eigenvalue weighted by Crippen LogP contribution is 2.25. The number of rotatable bonds is 5. The SMILES string of the molecule is O=C(Cc1csc(-c2ccccc2)n1)Nc1nc(-c2cccnc2)cs1. The summed E-state index contributed by atoms with van der Waals surface area (Å²) in [7, 11) is 0. The van der Waals surface area contributed by atoms with Crippen LogP contribution in [0, 0.1) is 0 Å². The van der Waals surface area contributed by atoms with E-state index < -0.39 is 0 Å². The second-order valence-electron chi connectivity index (χ2n) is 5.51. The Labute approximate surface area is 158 Å². The van der Waals surface area contributed by atoms with E-state index in [0.717, 1.165) is 27.5 Å². The summed E-state index contributed by atoms with van der Waals surface area (Å²) in [5, 5.41) is 8.16. The highest BCUT2D eigenvalue weighted by atomic mass is 32.1. The summed E-state index contributed by atoms with van der Waals surface area (Å²) in [6, 6.07) is 13.8. The molecule has 26 heavy (non-hydrogen) atoms. The third-order valence-electron chi connectivity index (χ3n) is 3.62. The number of thiazole rings is 2. The maximum atomic E-state index is 12.3. The Balaban J connectivity index is 1.40. The van der Waals surface area contributed by atoms with Crippen LogP contribution in [-0.2, 0) is 11.2 Å². The number of aromatic nitrogens is 3. The van der Waals surface area contributed by atoms with E-state index in [0.29, 0.717) is 5.13 Å². The Morgan fingerprint density at radius 1 is 0.962 bits per heavy atom. The van der Waals surface area contributed by atoms with Crippen molar-refractivity contribution in [2.75, 3.05) is 5.32 Å². The van der Waals surface area contributed by atoms with Crippen molar-refractivity contribution in [1.29, 1.82) is 0 Å². The number of nitrogens with one attached hydrogen (secondary N) is 1. The second-order valence-corrected chi connectivity index (χ2v) is 7.23. The van der Waals surface area contributed by atoms with Gasteiger partial charge in [-0.05, 0) is 12.1 Å². The van der Waals surface area contributed by atoms with E-state index in [1.807, 2.05) is 53.2 Å². The van der Waals surface area contributed by atoms with Crippen LogP contribution in [-0.4, -0.2) is 20.9 Å². The average molecular weight is 378 g/mol. The van der Waals surface area contributed by atoms with Crippen molar-refractivity contribution < 1.29 is 4.79 Å². The summed E-state index contributed by atoms with van der Waals surface area (Å²) in [5.74, 6) is -0.123. The topological polar surface area (TPSA) is 67.8 Å². The van der Waals surface area contributed by atoms with E-state index in [1.165, 1.54) is 11.3 Å². The molecule has 0 fully saturated rings. The molecule has 0 atom stereocenters. The average Bonchev–Trinajstić information content (AvgIpc) is 3.33. The van der Waals surface area contributed by atoms with E-state index in [9.17, 15) is 4.79 Å². The van der Waals surface area contributed by atoms with Crippen LogP contribution in [0.5, 0.6) is 0 Å². The van der Waals surface area contributed by atoms with Gasteiger partial charge in [0.05, 0.1) is 17.8 Å². The predicted molar refractivity (Wildman–Crippen MR) is 105 cm³/mol. The molecule has 0 aliphatic carbocycles. The first kappa shape index (κ1) is 16.6. The van der Waals surface area contributed by atoms with Crippen molar-refractivity contribution in [3.8, 4) is 21.8 Å². The largest absolute Gasteiger partial charge is 0.302 e. The van der Waals surface area contributed by atoms with Crippen LogP contribution in [0.3, 0.4) is 0 Å². The number of amides is 1. The first-order chi connectivity index (χ1) is 12.8. The molecule has 0 bridgehead atoms. The molecule has 0 radical (unpaired) electrons. The maximum absolute atomic E-state index is 12.3. The second kappa shape index (κ2) is 7.55. The summed E-state index contributed by atoms with van der Waals surface area (Å²) in [5.41, 5.74) is 3.55. The zero-order valence-corrected chi connectivity index (χ0v) is 15.3. The molecule has 4 rings (SSSR count). The van der Waals surface area contributed by atoms with Gasteiger partial charge in [-0.2, -0.15) is 0 Å². The summed E-state index contributed by atoms with van der Waals surface area (Å²) >= 11 is 2.94. The number of carbonyl (C=O) groups is 1. The maximum Gasteiger partial charge on any atom is 0.232 e. The molecule has 5 nitrogen and oxygen atoms in total. The fourth-order valence-corrected chi connectivity index (χ4v) is 3.97. The van der Waals surface area contributed by atoms with Gasteiger partial charge in [-0.25, -0.2) is 9.97 Å². The Kier molecular flexibility index (Phi) is 4.81. The van der Waals surface area contributed by atoms with Crippen molar-refractivity contribution in [2.45, 2.75) is 6.42 Å². The molecule has 3 heterocycles. The number of benzene rings is 1. The Morgan fingerprint density at radius 2 is 1.81 bits per heavy atom. The lowest BCUT2D eigenvalue weighted by atomic mass is 10.2. The summed E-state index contributed by atoms with van der Waals surface area (Å²) in [6.07, 6.45) is 3.70. The molecule has 0 spiro atoms. The molecule has 1 amide bonds. The van der Waals surface area contributed by atoms with Gasteiger partial charge in [0, 0.05) is 34.3 Å². The van der Waals surface area contributed by atoms with Crippen molar-refractivity contribution in [3.05, 3.63) is 71.3 Å². The summed E-state index contributed by atoms with van der Waals surface area (Å²) in [4.78, 5) is 25.4. The lowest BCUT2D eigenvalue weighted by Crippen LogP contribution is -2.14. The number of anilines is 1. The quantitative estimate of drug-likeness (QED) is 0.555. The first-order valence-corrected chi connectivity index (χ1v) is 9.69. The van der Waals surface area contributed by atoms with E-state index in [-0.39, 0.29) is 12.3 Å². The highest BCUT2D eigenvalue weighted by Gasteiger charge is 2.11. The normalized spacial score (nSPS) is 10.6. The van der Waals surface area contributed by atoms with Gasteiger partial charge in [0.25, 0.3) is 0 Å². The molecule has 0 aliphatic rings. The minimum atomic E-state index is -0.123. The molecule has 1 aromatic carbocycles. The molecule has 0 unspecified atom stereocenters. The zero-order chi connectivity index (χ0) is 17.8. The van der Waals surface area contributed by atoms with Gasteiger partial charge in [-0.3, -0.25) is 9.78 Å². The minimum absolute atomic E-state index is 0.123. The van der Waals surface area contributed by atoms with Gasteiger partial charge < -0.3 is 5.32 Å². The van der Waals surface area contributed by atoms with Crippen LogP contribution in [0.1, 0.15) is 5.69 Å². The van der Waals surface area contributed by atoms with Crippen LogP contribution >= 0.6 is 22.7 Å². The fourth-order valence-electron chi connectivity index (χ4n) is 2.41. The van der Waals surface area contributed by atoms with Gasteiger partial charge >= 0.3 is 0 Å². The zero-order valence-electron chi connectivity index (χ0n) is 13.6. The van der Waals surface area contributed by atoms with Crippen molar-refractivity contribution in [3.63, 3.8) is 0 Å². The van der Waals surface area contributed by atoms with Crippen LogP contribution in [0.2, 0.25) is 0 Å². The van der Waals surface area contributed by atoms with Crippen LogP contribution in [0.4, 0.5) is 5.13 Å². The lowest BCUT2D eigenvalue weighted by Gasteiger charge is -1.99. The lowest BCUT2D eigenvalue weighted by molar-refractivity contribution is -0.115.